The zero-order valence-corrected chi connectivity index (χ0v) is 24.4. The number of nitrogens with one attached hydrogen (secondary N) is 4. The number of anilines is 2. The van der Waals surface area contributed by atoms with E-state index in [-0.39, 0.29) is 23.7 Å². The molecule has 208 valence electrons. The Morgan fingerprint density at radius 3 is 2.54 bits per heavy atom. The third-order valence-corrected chi connectivity index (χ3v) is 8.92. The Labute approximate surface area is 234 Å². The number of fused-ring (bicyclic) bond motifs is 1. The second kappa shape index (κ2) is 10.2. The Balaban J connectivity index is 1.27. The van der Waals surface area contributed by atoms with E-state index in [1.807, 2.05) is 27.0 Å². The van der Waals surface area contributed by atoms with Crippen molar-refractivity contribution < 1.29 is 4.79 Å². The van der Waals surface area contributed by atoms with E-state index in [1.54, 1.807) is 11.3 Å². The van der Waals surface area contributed by atoms with E-state index < -0.39 is 0 Å². The maximum atomic E-state index is 12.5. The fourth-order valence-electron chi connectivity index (χ4n) is 5.55. The van der Waals surface area contributed by atoms with E-state index in [4.69, 9.17) is 15.0 Å². The summed E-state index contributed by atoms with van der Waals surface area (Å²) in [6.45, 7) is 10.2. The monoisotopic (exact) mass is 548 g/mol. The first-order valence-corrected chi connectivity index (χ1v) is 15.2. The van der Waals surface area contributed by atoms with Crippen LogP contribution in [0.4, 0.5) is 16.6 Å². The molecule has 3 aliphatic carbocycles. The molecule has 2 amide bonds. The molecular weight excluding hydrogens is 508 g/mol. The molecule has 0 bridgehead atoms. The highest BCUT2D eigenvalue weighted by molar-refractivity contribution is 7.21. The molecule has 6 rings (SSSR count). The zero-order valence-electron chi connectivity index (χ0n) is 23.6. The van der Waals surface area contributed by atoms with Crippen molar-refractivity contribution in [1.29, 1.82) is 0 Å². The highest BCUT2D eigenvalue weighted by Gasteiger charge is 2.32. The van der Waals surface area contributed by atoms with Crippen LogP contribution in [0.25, 0.3) is 20.8 Å². The first kappa shape index (κ1) is 26.2. The van der Waals surface area contributed by atoms with E-state index in [2.05, 4.69) is 46.2 Å². The third kappa shape index (κ3) is 6.10. The van der Waals surface area contributed by atoms with Crippen LogP contribution in [0.1, 0.15) is 89.9 Å². The van der Waals surface area contributed by atoms with Crippen molar-refractivity contribution in [1.82, 2.24) is 30.6 Å². The van der Waals surface area contributed by atoms with Crippen LogP contribution < -0.4 is 21.3 Å². The van der Waals surface area contributed by atoms with E-state index in [1.165, 1.54) is 25.7 Å². The highest BCUT2D eigenvalue weighted by Crippen LogP contribution is 2.44. The molecule has 3 heterocycles. The fourth-order valence-corrected chi connectivity index (χ4v) is 6.62. The van der Waals surface area contributed by atoms with E-state index in [0.717, 1.165) is 57.3 Å². The lowest BCUT2D eigenvalue weighted by atomic mass is 10.1. The number of amides is 2. The number of rotatable bonds is 8. The quantitative estimate of drug-likeness (QED) is 0.274. The van der Waals surface area contributed by atoms with Crippen LogP contribution in [0.5, 0.6) is 0 Å². The summed E-state index contributed by atoms with van der Waals surface area (Å²) in [6, 6.07) is 2.62. The van der Waals surface area contributed by atoms with Crippen LogP contribution in [0, 0.1) is 12.8 Å². The molecule has 0 unspecified atom stereocenters. The van der Waals surface area contributed by atoms with Gasteiger partial charge in [0.15, 0.2) is 0 Å². The predicted molar refractivity (Wildman–Crippen MR) is 157 cm³/mol. The average Bonchev–Trinajstić information content (AvgIpc) is 3.77. The molecule has 39 heavy (non-hydrogen) atoms. The zero-order chi connectivity index (χ0) is 27.3. The van der Waals surface area contributed by atoms with Crippen LogP contribution in [-0.2, 0) is 0 Å². The van der Waals surface area contributed by atoms with E-state index in [0.29, 0.717) is 23.8 Å². The summed E-state index contributed by atoms with van der Waals surface area (Å²) in [4.78, 5) is 32.1. The summed E-state index contributed by atoms with van der Waals surface area (Å²) in [5.41, 5.74) is 3.75. The van der Waals surface area contributed by atoms with Crippen molar-refractivity contribution in [3.05, 3.63) is 23.7 Å². The van der Waals surface area contributed by atoms with Gasteiger partial charge in [0.05, 0.1) is 21.7 Å². The first-order valence-electron chi connectivity index (χ1n) is 14.4. The van der Waals surface area contributed by atoms with Crippen molar-refractivity contribution in [3.8, 4) is 10.6 Å². The number of aryl methyl sites for hydroxylation is 1. The number of urea groups is 1. The van der Waals surface area contributed by atoms with Gasteiger partial charge in [-0.25, -0.2) is 14.8 Å². The van der Waals surface area contributed by atoms with Gasteiger partial charge in [0.25, 0.3) is 0 Å². The summed E-state index contributed by atoms with van der Waals surface area (Å²) in [7, 11) is 0. The Morgan fingerprint density at radius 1 is 1.05 bits per heavy atom. The Kier molecular flexibility index (Phi) is 6.85. The van der Waals surface area contributed by atoms with Crippen molar-refractivity contribution in [2.24, 2.45) is 5.92 Å². The molecule has 3 aromatic rings. The number of hydrogen-bond donors (Lipinski definition) is 4. The predicted octanol–water partition coefficient (Wildman–Crippen LogP) is 5.98. The first-order chi connectivity index (χ1) is 18.6. The maximum absolute atomic E-state index is 12.5. The number of aromatic nitrogens is 4. The molecule has 3 fully saturated rings. The molecule has 0 radical (unpaired) electrons. The normalized spacial score (nSPS) is 22.1. The number of hydrogen-bond acceptors (Lipinski definition) is 8. The molecule has 0 saturated heterocycles. The Morgan fingerprint density at radius 2 is 1.82 bits per heavy atom. The molecule has 3 saturated carbocycles. The van der Waals surface area contributed by atoms with Crippen LogP contribution in [0.3, 0.4) is 0 Å². The molecular formula is C29H40N8OS. The standard InChI is InChI=1S/C29H40N8OS/c1-15(17-6-7-17)31-27-32-16(2)22(26-35-24-21(39-26)12-13-30-23(24)18-8-9-18)25(36-27)33-19-10-11-20(14-19)34-28(38)37-29(3,4)5/h12-13,15,17-20H,6-11,14H2,1-5H3,(H2,34,37,38)(H2,31,32,33,36)/t15-,19+,20-/m1/s1. The van der Waals surface area contributed by atoms with Crippen molar-refractivity contribution in [2.45, 2.75) is 109 Å². The number of thiazole rings is 1. The third-order valence-electron chi connectivity index (χ3n) is 7.89. The summed E-state index contributed by atoms with van der Waals surface area (Å²) >= 11 is 1.69. The van der Waals surface area contributed by atoms with Gasteiger partial charge in [0.1, 0.15) is 16.3 Å². The fraction of sp³-hybridized carbons (Fsp3) is 0.621. The van der Waals surface area contributed by atoms with Gasteiger partial charge in [-0.1, -0.05) is 0 Å². The summed E-state index contributed by atoms with van der Waals surface area (Å²) in [5, 5.41) is 14.4. The molecule has 3 aliphatic rings. The SMILES string of the molecule is Cc1nc(N[C@H](C)C2CC2)nc(N[C@H]2CC[C@@H](NC(=O)NC(C)(C)C)C2)c1-c1nc2c(C3CC3)nccc2s1. The number of carbonyl (C=O) groups excluding carboxylic acids is 1. The van der Waals surface area contributed by atoms with Crippen molar-refractivity contribution >= 4 is 39.4 Å². The average molecular weight is 549 g/mol. The van der Waals surface area contributed by atoms with Gasteiger partial charge in [-0.3, -0.25) is 4.98 Å². The van der Waals surface area contributed by atoms with Crippen LogP contribution in [0.2, 0.25) is 0 Å². The highest BCUT2D eigenvalue weighted by atomic mass is 32.1. The second-order valence-electron chi connectivity index (χ2n) is 12.7. The van der Waals surface area contributed by atoms with Crippen LogP contribution >= 0.6 is 11.3 Å². The minimum Gasteiger partial charge on any atom is -0.366 e. The molecule has 0 aromatic carbocycles. The molecule has 3 aromatic heterocycles. The van der Waals surface area contributed by atoms with Crippen molar-refractivity contribution in [2.75, 3.05) is 10.6 Å². The summed E-state index contributed by atoms with van der Waals surface area (Å²) in [6.07, 6.45) is 9.55. The lowest BCUT2D eigenvalue weighted by molar-refractivity contribution is 0.228. The molecule has 4 N–H and O–H groups in total. The van der Waals surface area contributed by atoms with E-state index >= 15 is 0 Å². The van der Waals surface area contributed by atoms with Gasteiger partial charge in [-0.05, 0) is 91.5 Å². The number of carbonyl (C=O) groups is 1. The van der Waals surface area contributed by atoms with Gasteiger partial charge in [-0.15, -0.1) is 11.3 Å². The Bertz CT molecular complexity index is 1370. The molecule has 10 heteroatoms. The summed E-state index contributed by atoms with van der Waals surface area (Å²) < 4.78 is 1.16. The van der Waals surface area contributed by atoms with Gasteiger partial charge in [0, 0.05) is 35.8 Å². The van der Waals surface area contributed by atoms with Gasteiger partial charge < -0.3 is 21.3 Å². The van der Waals surface area contributed by atoms with Crippen LogP contribution in [0.15, 0.2) is 12.3 Å². The largest absolute Gasteiger partial charge is 0.366 e. The second-order valence-corrected chi connectivity index (χ2v) is 13.7. The number of pyridine rings is 1. The minimum atomic E-state index is -0.263. The van der Waals surface area contributed by atoms with Crippen LogP contribution in [-0.4, -0.2) is 49.6 Å². The molecule has 9 nitrogen and oxygen atoms in total. The summed E-state index contributed by atoms with van der Waals surface area (Å²) in [5.74, 6) is 2.71. The van der Waals surface area contributed by atoms with Gasteiger partial charge >= 0.3 is 6.03 Å². The van der Waals surface area contributed by atoms with E-state index in [9.17, 15) is 4.79 Å². The van der Waals surface area contributed by atoms with Gasteiger partial charge in [0.2, 0.25) is 5.95 Å². The lowest BCUT2D eigenvalue weighted by Gasteiger charge is -2.23. The maximum Gasteiger partial charge on any atom is 0.315 e. The van der Waals surface area contributed by atoms with Gasteiger partial charge in [-0.2, -0.15) is 4.98 Å². The lowest BCUT2D eigenvalue weighted by Crippen LogP contribution is -2.49. The Hall–Kier alpha value is -3.01. The smallest absolute Gasteiger partial charge is 0.315 e. The molecule has 3 atom stereocenters. The van der Waals surface area contributed by atoms with Crippen molar-refractivity contribution in [3.63, 3.8) is 0 Å². The molecule has 0 spiro atoms. The number of nitrogens with zero attached hydrogens (tertiary/aromatic N) is 4. The molecule has 0 aliphatic heterocycles. The minimum absolute atomic E-state index is 0.109. The topological polar surface area (TPSA) is 117 Å².